The van der Waals surface area contributed by atoms with Gasteiger partial charge in [-0.15, -0.1) is 11.8 Å². The maximum Gasteiger partial charge on any atom is 0.243 e. The predicted molar refractivity (Wildman–Crippen MR) is 130 cm³/mol. The number of benzene rings is 3. The highest BCUT2D eigenvalue weighted by molar-refractivity contribution is 7.99. The lowest BCUT2D eigenvalue weighted by Crippen LogP contribution is -2.43. The molecule has 0 spiro atoms. The predicted octanol–water partition coefficient (Wildman–Crippen LogP) is 4.54. The number of piperidine rings is 1. The summed E-state index contributed by atoms with van der Waals surface area (Å²) in [5.74, 6) is 0.865. The van der Waals surface area contributed by atoms with Crippen molar-refractivity contribution in [1.29, 1.82) is 0 Å². The van der Waals surface area contributed by atoms with Crippen LogP contribution in [0.25, 0.3) is 10.8 Å². The Balaban J connectivity index is 1.24. The number of hydrogen-bond acceptors (Lipinski definition) is 4. The Morgan fingerprint density at radius 1 is 0.938 bits per heavy atom. The van der Waals surface area contributed by atoms with E-state index in [1.54, 1.807) is 23.9 Å². The van der Waals surface area contributed by atoms with Crippen molar-refractivity contribution in [2.75, 3.05) is 25.4 Å². The van der Waals surface area contributed by atoms with Gasteiger partial charge in [0.2, 0.25) is 15.9 Å². The van der Waals surface area contributed by atoms with Crippen LogP contribution in [0.4, 0.5) is 0 Å². The van der Waals surface area contributed by atoms with Crippen LogP contribution in [0.15, 0.2) is 82.6 Å². The zero-order valence-corrected chi connectivity index (χ0v) is 19.6. The summed E-state index contributed by atoms with van der Waals surface area (Å²) >= 11 is 1.78. The van der Waals surface area contributed by atoms with Crippen molar-refractivity contribution in [2.45, 2.75) is 29.1 Å². The van der Waals surface area contributed by atoms with Crippen molar-refractivity contribution in [3.05, 3.63) is 72.8 Å². The summed E-state index contributed by atoms with van der Waals surface area (Å²) in [6.07, 6.45) is 2.01. The average Bonchev–Trinajstić information content (AvgIpc) is 2.84. The third-order valence-electron chi connectivity index (χ3n) is 5.82. The molecule has 0 unspecified atom stereocenters. The van der Waals surface area contributed by atoms with E-state index < -0.39 is 10.0 Å². The number of thioether (sulfide) groups is 1. The van der Waals surface area contributed by atoms with Gasteiger partial charge < -0.3 is 5.32 Å². The minimum absolute atomic E-state index is 0.0393. The van der Waals surface area contributed by atoms with Gasteiger partial charge in [0.25, 0.3) is 0 Å². The minimum Gasteiger partial charge on any atom is -0.356 e. The molecule has 1 aliphatic rings. The summed E-state index contributed by atoms with van der Waals surface area (Å²) in [7, 11) is -3.55. The number of carbonyl (C=O) groups is 1. The van der Waals surface area contributed by atoms with E-state index in [0.29, 0.717) is 37.4 Å². The van der Waals surface area contributed by atoms with Crippen LogP contribution < -0.4 is 5.32 Å². The molecular weight excluding hydrogens is 440 g/mol. The quantitative estimate of drug-likeness (QED) is 0.389. The summed E-state index contributed by atoms with van der Waals surface area (Å²) in [5, 5.41) is 4.95. The van der Waals surface area contributed by atoms with Gasteiger partial charge >= 0.3 is 0 Å². The maximum absolute atomic E-state index is 13.1. The molecule has 1 saturated heterocycles. The number of sulfonamides is 1. The lowest BCUT2D eigenvalue weighted by molar-refractivity contribution is -0.126. The Kier molecular flexibility index (Phi) is 7.50. The fourth-order valence-electron chi connectivity index (χ4n) is 3.97. The molecule has 1 aliphatic heterocycles. The lowest BCUT2D eigenvalue weighted by atomic mass is 9.97. The fourth-order valence-corrected chi connectivity index (χ4v) is 6.35. The van der Waals surface area contributed by atoms with Crippen LogP contribution >= 0.6 is 11.8 Å². The van der Waals surface area contributed by atoms with E-state index in [-0.39, 0.29) is 11.8 Å². The van der Waals surface area contributed by atoms with Gasteiger partial charge in [-0.25, -0.2) is 8.42 Å². The molecule has 4 rings (SSSR count). The first-order valence-electron chi connectivity index (χ1n) is 11.0. The van der Waals surface area contributed by atoms with E-state index >= 15 is 0 Å². The second-order valence-corrected chi connectivity index (χ2v) is 11.1. The van der Waals surface area contributed by atoms with Crippen molar-refractivity contribution in [1.82, 2.24) is 9.62 Å². The van der Waals surface area contributed by atoms with E-state index in [1.165, 1.54) is 9.20 Å². The van der Waals surface area contributed by atoms with Gasteiger partial charge in [-0.3, -0.25) is 4.79 Å². The van der Waals surface area contributed by atoms with Gasteiger partial charge in [-0.05, 0) is 60.1 Å². The van der Waals surface area contributed by atoms with E-state index in [4.69, 9.17) is 0 Å². The third-order valence-corrected chi connectivity index (χ3v) is 8.81. The Hall–Kier alpha value is -2.35. The van der Waals surface area contributed by atoms with E-state index in [0.717, 1.165) is 22.9 Å². The molecule has 0 aliphatic carbocycles. The molecule has 3 aromatic carbocycles. The molecule has 1 amide bonds. The first-order valence-corrected chi connectivity index (χ1v) is 13.4. The van der Waals surface area contributed by atoms with Crippen molar-refractivity contribution >= 4 is 38.5 Å². The van der Waals surface area contributed by atoms with Crippen LogP contribution in [0.3, 0.4) is 0 Å². The lowest BCUT2D eigenvalue weighted by Gasteiger charge is -2.30. The van der Waals surface area contributed by atoms with Gasteiger partial charge in [0.1, 0.15) is 0 Å². The molecule has 32 heavy (non-hydrogen) atoms. The summed E-state index contributed by atoms with van der Waals surface area (Å²) in [4.78, 5) is 14.1. The third kappa shape index (κ3) is 5.52. The van der Waals surface area contributed by atoms with Crippen LogP contribution in [0.2, 0.25) is 0 Å². The number of rotatable bonds is 8. The van der Waals surface area contributed by atoms with Gasteiger partial charge in [0.15, 0.2) is 0 Å². The molecular formula is C25H28N2O3S2. The maximum atomic E-state index is 13.1. The Labute approximate surface area is 194 Å². The number of nitrogens with zero attached hydrogens (tertiary/aromatic N) is 1. The molecule has 1 fully saturated rings. The largest absolute Gasteiger partial charge is 0.356 e. The topological polar surface area (TPSA) is 66.5 Å². The molecule has 0 atom stereocenters. The first-order chi connectivity index (χ1) is 15.5. The number of amides is 1. The standard InChI is InChI=1S/C25H28N2O3S2/c28-25(26-15-6-18-31-23-9-2-1-3-10-23)21-13-16-27(17-14-21)32(29,30)24-12-11-20-7-4-5-8-22(20)19-24/h1-5,7-12,19,21H,6,13-18H2,(H,26,28). The van der Waals surface area contributed by atoms with Crippen LogP contribution in [0.5, 0.6) is 0 Å². The Morgan fingerprint density at radius 2 is 1.62 bits per heavy atom. The SMILES string of the molecule is O=C(NCCCSc1ccccc1)C1CCN(S(=O)(=O)c2ccc3ccccc3c2)CC1. The highest BCUT2D eigenvalue weighted by Gasteiger charge is 2.32. The van der Waals surface area contributed by atoms with Crippen molar-refractivity contribution in [3.8, 4) is 0 Å². The fraction of sp³-hybridized carbons (Fsp3) is 0.320. The van der Waals surface area contributed by atoms with Crippen LogP contribution in [-0.4, -0.2) is 44.0 Å². The second-order valence-electron chi connectivity index (χ2n) is 7.99. The molecule has 3 aromatic rings. The van der Waals surface area contributed by atoms with Crippen molar-refractivity contribution in [2.24, 2.45) is 5.92 Å². The average molecular weight is 469 g/mol. The highest BCUT2D eigenvalue weighted by Crippen LogP contribution is 2.26. The molecule has 0 radical (unpaired) electrons. The zero-order valence-electron chi connectivity index (χ0n) is 17.9. The molecule has 5 nitrogen and oxygen atoms in total. The minimum atomic E-state index is -3.55. The van der Waals surface area contributed by atoms with Crippen molar-refractivity contribution in [3.63, 3.8) is 0 Å². The number of fused-ring (bicyclic) bond motifs is 1. The molecule has 168 valence electrons. The summed E-state index contributed by atoms with van der Waals surface area (Å²) < 4.78 is 27.7. The molecule has 0 bridgehead atoms. The first kappa shape index (κ1) is 22.8. The van der Waals surface area contributed by atoms with Crippen LogP contribution in [-0.2, 0) is 14.8 Å². The smallest absolute Gasteiger partial charge is 0.243 e. The number of nitrogens with one attached hydrogen (secondary N) is 1. The van der Waals surface area contributed by atoms with Crippen molar-refractivity contribution < 1.29 is 13.2 Å². The number of hydrogen-bond donors (Lipinski definition) is 1. The van der Waals surface area contributed by atoms with Gasteiger partial charge in [0, 0.05) is 30.4 Å². The molecule has 1 heterocycles. The summed E-state index contributed by atoms with van der Waals surface area (Å²) in [6, 6.07) is 23.2. The highest BCUT2D eigenvalue weighted by atomic mass is 32.2. The van der Waals surface area contributed by atoms with E-state index in [9.17, 15) is 13.2 Å². The summed E-state index contributed by atoms with van der Waals surface area (Å²) in [6.45, 7) is 1.39. The van der Waals surface area contributed by atoms with Gasteiger partial charge in [-0.1, -0.05) is 48.5 Å². The van der Waals surface area contributed by atoms with Crippen LogP contribution in [0, 0.1) is 5.92 Å². The Bertz CT molecular complexity index is 1160. The second kappa shape index (κ2) is 10.5. The van der Waals surface area contributed by atoms with E-state index in [2.05, 4.69) is 17.4 Å². The number of carbonyl (C=O) groups excluding carboxylic acids is 1. The molecule has 7 heteroatoms. The molecule has 0 aromatic heterocycles. The molecule has 1 N–H and O–H groups in total. The van der Waals surface area contributed by atoms with Crippen LogP contribution in [0.1, 0.15) is 19.3 Å². The monoisotopic (exact) mass is 468 g/mol. The Morgan fingerprint density at radius 3 is 2.38 bits per heavy atom. The zero-order chi connectivity index (χ0) is 22.4. The van der Waals surface area contributed by atoms with Gasteiger partial charge in [-0.2, -0.15) is 4.31 Å². The summed E-state index contributed by atoms with van der Waals surface area (Å²) in [5.41, 5.74) is 0. The molecule has 0 saturated carbocycles. The van der Waals surface area contributed by atoms with E-state index in [1.807, 2.05) is 48.5 Å². The van der Waals surface area contributed by atoms with Gasteiger partial charge in [0.05, 0.1) is 4.90 Å². The normalized spacial score (nSPS) is 15.6.